The van der Waals surface area contributed by atoms with Crippen LogP contribution in [0.5, 0.6) is 0 Å². The van der Waals surface area contributed by atoms with Gasteiger partial charge in [0.05, 0.1) is 16.6 Å². The number of aromatic nitrogens is 2. The van der Waals surface area contributed by atoms with Gasteiger partial charge in [-0.3, -0.25) is 9.00 Å². The van der Waals surface area contributed by atoms with Gasteiger partial charge in [0.15, 0.2) is 0 Å². The lowest BCUT2D eigenvalue weighted by molar-refractivity contribution is -0.116. The van der Waals surface area contributed by atoms with Crippen molar-refractivity contribution in [2.45, 2.75) is 12.3 Å². The first kappa shape index (κ1) is 18.2. The van der Waals surface area contributed by atoms with Crippen LogP contribution >= 0.6 is 11.5 Å². The summed E-state index contributed by atoms with van der Waals surface area (Å²) in [5.74, 6) is 0.136. The van der Waals surface area contributed by atoms with E-state index >= 15 is 0 Å². The first-order valence-electron chi connectivity index (χ1n) is 7.94. The Labute approximate surface area is 158 Å². The zero-order valence-electron chi connectivity index (χ0n) is 13.9. The number of rotatable bonds is 7. The van der Waals surface area contributed by atoms with Crippen molar-refractivity contribution in [3.8, 4) is 11.3 Å². The molecule has 1 atom stereocenters. The minimum Gasteiger partial charge on any atom is -0.348 e. The number of carbonyl (C=O) groups is 1. The summed E-state index contributed by atoms with van der Waals surface area (Å²) < 4.78 is 15.8. The highest BCUT2D eigenvalue weighted by molar-refractivity contribution is 7.87. The molecule has 1 aromatic heterocycles. The molecule has 0 aliphatic heterocycles. The van der Waals surface area contributed by atoms with Gasteiger partial charge < -0.3 is 5.32 Å². The molecule has 132 valence electrons. The van der Waals surface area contributed by atoms with Gasteiger partial charge in [-0.05, 0) is 22.7 Å². The lowest BCUT2D eigenvalue weighted by Gasteiger charge is -2.04. The predicted octanol–water partition coefficient (Wildman–Crippen LogP) is 3.28. The predicted molar refractivity (Wildman–Crippen MR) is 105 cm³/mol. The van der Waals surface area contributed by atoms with E-state index in [0.29, 0.717) is 12.3 Å². The van der Waals surface area contributed by atoms with Crippen LogP contribution in [0.1, 0.15) is 11.1 Å². The number of benzene rings is 2. The monoisotopic (exact) mass is 383 g/mol. The first-order chi connectivity index (χ1) is 12.7. The molecule has 7 heteroatoms. The molecule has 0 bridgehead atoms. The highest BCUT2D eigenvalue weighted by Gasteiger charge is 2.03. The van der Waals surface area contributed by atoms with Gasteiger partial charge in [0.2, 0.25) is 5.91 Å². The topological polar surface area (TPSA) is 72.0 Å². The number of amides is 1. The molecule has 0 fully saturated rings. The molecule has 0 aliphatic rings. The van der Waals surface area contributed by atoms with Gasteiger partial charge >= 0.3 is 0 Å². The molecule has 1 N–H and O–H groups in total. The van der Waals surface area contributed by atoms with Crippen molar-refractivity contribution in [1.82, 2.24) is 14.9 Å². The van der Waals surface area contributed by atoms with Crippen LogP contribution in [0.15, 0.2) is 71.5 Å². The molecule has 0 saturated carbocycles. The van der Waals surface area contributed by atoms with Crippen LogP contribution in [0.2, 0.25) is 0 Å². The van der Waals surface area contributed by atoms with E-state index < -0.39 is 10.8 Å². The Morgan fingerprint density at radius 3 is 2.54 bits per heavy atom. The summed E-state index contributed by atoms with van der Waals surface area (Å²) in [5, 5.41) is 10.1. The van der Waals surface area contributed by atoms with Crippen molar-refractivity contribution in [2.75, 3.05) is 0 Å². The Balaban J connectivity index is 1.47. The van der Waals surface area contributed by atoms with Crippen LogP contribution in [0.25, 0.3) is 11.3 Å². The van der Waals surface area contributed by atoms with E-state index in [0.717, 1.165) is 22.4 Å². The highest BCUT2D eigenvalue weighted by Crippen LogP contribution is 2.18. The van der Waals surface area contributed by atoms with Gasteiger partial charge in [0.1, 0.15) is 5.69 Å². The number of carbonyl (C=O) groups excluding carboxylic acids is 1. The summed E-state index contributed by atoms with van der Waals surface area (Å²) in [6, 6.07) is 17.3. The second-order valence-corrected chi connectivity index (χ2v) is 7.45. The fourth-order valence-corrected chi connectivity index (χ4v) is 3.61. The molecule has 3 rings (SSSR count). The number of nitrogens with one attached hydrogen (secondary N) is 1. The van der Waals surface area contributed by atoms with Crippen LogP contribution in [0, 0.1) is 0 Å². The standard InChI is InChI=1S/C19H17N3O2S2/c23-19(10-11-26(24)14-16-4-2-1-3-5-16)20-12-15-6-8-17(9-7-15)18-13-25-22-21-18/h1-11,13H,12,14H2,(H,20,23). The van der Waals surface area contributed by atoms with E-state index in [2.05, 4.69) is 14.9 Å². The second kappa shape index (κ2) is 9.17. The van der Waals surface area contributed by atoms with E-state index in [9.17, 15) is 9.00 Å². The quantitative estimate of drug-likeness (QED) is 0.636. The number of nitrogens with zero attached hydrogens (tertiary/aromatic N) is 2. The molecular weight excluding hydrogens is 366 g/mol. The van der Waals surface area contributed by atoms with Crippen LogP contribution in [-0.4, -0.2) is 19.7 Å². The lowest BCUT2D eigenvalue weighted by Crippen LogP contribution is -2.20. The molecule has 0 saturated heterocycles. The summed E-state index contributed by atoms with van der Waals surface area (Å²) in [6.45, 7) is 0.407. The van der Waals surface area contributed by atoms with Crippen molar-refractivity contribution < 1.29 is 9.00 Å². The molecule has 1 heterocycles. The van der Waals surface area contributed by atoms with Gasteiger partial charge in [0.25, 0.3) is 0 Å². The van der Waals surface area contributed by atoms with E-state index in [-0.39, 0.29) is 5.91 Å². The summed E-state index contributed by atoms with van der Waals surface area (Å²) in [7, 11) is -1.21. The Kier molecular flexibility index (Phi) is 6.40. The Morgan fingerprint density at radius 2 is 1.85 bits per heavy atom. The Morgan fingerprint density at radius 1 is 1.08 bits per heavy atom. The maximum absolute atomic E-state index is 12.0. The average Bonchev–Trinajstić information content (AvgIpc) is 3.21. The lowest BCUT2D eigenvalue weighted by atomic mass is 10.1. The molecule has 3 aromatic rings. The molecule has 1 amide bonds. The molecular formula is C19H17N3O2S2. The van der Waals surface area contributed by atoms with Gasteiger partial charge in [-0.1, -0.05) is 59.1 Å². The summed E-state index contributed by atoms with van der Waals surface area (Å²) in [4.78, 5) is 11.9. The summed E-state index contributed by atoms with van der Waals surface area (Å²) in [5.41, 5.74) is 3.79. The smallest absolute Gasteiger partial charge is 0.244 e. The number of hydrogen-bond donors (Lipinski definition) is 1. The van der Waals surface area contributed by atoms with E-state index in [1.54, 1.807) is 0 Å². The average molecular weight is 383 g/mol. The van der Waals surface area contributed by atoms with E-state index in [1.807, 2.05) is 60.0 Å². The van der Waals surface area contributed by atoms with E-state index in [1.165, 1.54) is 23.0 Å². The molecule has 0 radical (unpaired) electrons. The largest absolute Gasteiger partial charge is 0.348 e. The molecule has 0 spiro atoms. The van der Waals surface area contributed by atoms with Crippen LogP contribution in [0.3, 0.4) is 0 Å². The van der Waals surface area contributed by atoms with Gasteiger partial charge in [-0.25, -0.2) is 0 Å². The van der Waals surface area contributed by atoms with Crippen LogP contribution in [-0.2, 0) is 27.9 Å². The summed E-state index contributed by atoms with van der Waals surface area (Å²) in [6.07, 6.45) is 1.33. The summed E-state index contributed by atoms with van der Waals surface area (Å²) >= 11 is 1.31. The Bertz CT molecular complexity index is 892. The molecule has 26 heavy (non-hydrogen) atoms. The molecule has 5 nitrogen and oxygen atoms in total. The first-order valence-corrected chi connectivity index (χ1v) is 10.2. The van der Waals surface area contributed by atoms with Crippen molar-refractivity contribution in [3.63, 3.8) is 0 Å². The Hall–Kier alpha value is -2.64. The van der Waals surface area contributed by atoms with E-state index in [4.69, 9.17) is 0 Å². The molecule has 1 unspecified atom stereocenters. The third-order valence-corrected chi connectivity index (χ3v) is 5.16. The fourth-order valence-electron chi connectivity index (χ4n) is 2.26. The van der Waals surface area contributed by atoms with Crippen molar-refractivity contribution in [3.05, 3.63) is 82.6 Å². The SMILES string of the molecule is O=C(C=CS(=O)Cc1ccccc1)NCc1ccc(-c2csnn2)cc1. The van der Waals surface area contributed by atoms with Gasteiger partial charge in [-0.15, -0.1) is 5.10 Å². The van der Waals surface area contributed by atoms with Crippen LogP contribution in [0.4, 0.5) is 0 Å². The normalized spacial score (nSPS) is 12.2. The second-order valence-electron chi connectivity index (χ2n) is 5.52. The van der Waals surface area contributed by atoms with Crippen LogP contribution < -0.4 is 5.32 Å². The minimum atomic E-state index is -1.21. The van der Waals surface area contributed by atoms with Gasteiger partial charge in [0, 0.05) is 29.0 Å². The zero-order chi connectivity index (χ0) is 18.2. The number of hydrogen-bond acceptors (Lipinski definition) is 5. The third-order valence-electron chi connectivity index (χ3n) is 3.60. The van der Waals surface area contributed by atoms with Crippen molar-refractivity contribution >= 4 is 28.2 Å². The minimum absolute atomic E-state index is 0.265. The van der Waals surface area contributed by atoms with Crippen molar-refractivity contribution in [1.29, 1.82) is 0 Å². The third kappa shape index (κ3) is 5.44. The van der Waals surface area contributed by atoms with Crippen molar-refractivity contribution in [2.24, 2.45) is 0 Å². The fraction of sp³-hybridized carbons (Fsp3) is 0.105. The van der Waals surface area contributed by atoms with Gasteiger partial charge in [-0.2, -0.15) is 0 Å². The zero-order valence-corrected chi connectivity index (χ0v) is 15.5. The molecule has 2 aromatic carbocycles. The maximum Gasteiger partial charge on any atom is 0.244 e. The maximum atomic E-state index is 12.0. The molecule has 0 aliphatic carbocycles. The highest BCUT2D eigenvalue weighted by atomic mass is 32.2.